The van der Waals surface area contributed by atoms with Gasteiger partial charge in [0.15, 0.2) is 11.6 Å². The summed E-state index contributed by atoms with van der Waals surface area (Å²) in [6, 6.07) is 9.45. The number of halogens is 4. The van der Waals surface area contributed by atoms with Crippen LogP contribution in [0, 0.1) is 17.6 Å². The number of hydrogen-bond donors (Lipinski definition) is 1. The molecule has 3 aromatic heterocycles. The molecule has 4 amide bonds. The van der Waals surface area contributed by atoms with Gasteiger partial charge in [0, 0.05) is 87.2 Å². The van der Waals surface area contributed by atoms with Crippen molar-refractivity contribution in [1.82, 2.24) is 29.7 Å². The van der Waals surface area contributed by atoms with Crippen molar-refractivity contribution in [3.63, 3.8) is 0 Å². The standard InChI is InChI=1S/C40H36F4N8O4/c41-29-17-26-27(39(56)52(38(26)55)32-3-4-35(53)47-37(32)54)18-34(29)49-13-11-48(12-14-49)21-22-6-9-50(10-7-22)36-30(42)15-24(19-46-36)23-1-2-25-28-20-45-8-5-31(28)51(40(43)44)33(25)16-23/h1-2,5,8,15-20,22,32,40H,3-4,6-7,9-14,21H2,(H,47,53,54). The van der Waals surface area contributed by atoms with Gasteiger partial charge in [-0.15, -0.1) is 0 Å². The molecule has 3 fully saturated rings. The maximum absolute atomic E-state index is 15.6. The number of carbonyl (C=O) groups is 4. The number of alkyl halides is 2. The Morgan fingerprint density at radius 3 is 2.21 bits per heavy atom. The zero-order chi connectivity index (χ0) is 38.8. The van der Waals surface area contributed by atoms with E-state index in [4.69, 9.17) is 0 Å². The summed E-state index contributed by atoms with van der Waals surface area (Å²) in [6.45, 7) is 1.62. The van der Waals surface area contributed by atoms with E-state index < -0.39 is 47.9 Å². The number of hydrogen-bond acceptors (Lipinski definition) is 9. The number of benzene rings is 2. The quantitative estimate of drug-likeness (QED) is 0.172. The van der Waals surface area contributed by atoms with Crippen molar-refractivity contribution in [3.05, 3.63) is 83.8 Å². The summed E-state index contributed by atoms with van der Waals surface area (Å²) in [4.78, 5) is 65.9. The number of rotatable bonds is 7. The van der Waals surface area contributed by atoms with Gasteiger partial charge in [0.1, 0.15) is 11.9 Å². The second-order valence-electron chi connectivity index (χ2n) is 14.8. The Bertz CT molecular complexity index is 2440. The van der Waals surface area contributed by atoms with Gasteiger partial charge in [-0.25, -0.2) is 13.8 Å². The van der Waals surface area contributed by atoms with Gasteiger partial charge < -0.3 is 9.80 Å². The molecule has 2 aromatic carbocycles. The fourth-order valence-corrected chi connectivity index (χ4v) is 8.69. The third kappa shape index (κ3) is 6.11. The molecule has 1 unspecified atom stereocenters. The first-order chi connectivity index (χ1) is 27.0. The number of imide groups is 2. The van der Waals surface area contributed by atoms with Crippen molar-refractivity contribution in [2.24, 2.45) is 5.92 Å². The molecule has 7 heterocycles. The van der Waals surface area contributed by atoms with Gasteiger partial charge >= 0.3 is 6.55 Å². The normalized spacial score (nSPS) is 19.9. The number of nitrogens with one attached hydrogen (secondary N) is 1. The molecule has 4 aliphatic rings. The number of anilines is 2. The first-order valence-electron chi connectivity index (χ1n) is 18.6. The van der Waals surface area contributed by atoms with Crippen LogP contribution in [0.4, 0.5) is 29.1 Å². The maximum Gasteiger partial charge on any atom is 0.319 e. The third-order valence-corrected chi connectivity index (χ3v) is 11.6. The minimum atomic E-state index is -2.76. The number of carbonyl (C=O) groups excluding carboxylic acids is 4. The molecule has 9 rings (SSSR count). The highest BCUT2D eigenvalue weighted by Crippen LogP contribution is 2.37. The zero-order valence-electron chi connectivity index (χ0n) is 30.1. The minimum absolute atomic E-state index is 0.00229. The molecule has 0 bridgehead atoms. The Morgan fingerprint density at radius 2 is 1.50 bits per heavy atom. The summed E-state index contributed by atoms with van der Waals surface area (Å²) >= 11 is 0. The number of aromatic nitrogens is 3. The second kappa shape index (κ2) is 14.0. The Hall–Kier alpha value is -5.90. The van der Waals surface area contributed by atoms with Crippen LogP contribution in [0.5, 0.6) is 0 Å². The monoisotopic (exact) mass is 768 g/mol. The molecular formula is C40H36F4N8O4. The van der Waals surface area contributed by atoms with E-state index in [1.807, 2.05) is 9.80 Å². The van der Waals surface area contributed by atoms with Crippen molar-refractivity contribution >= 4 is 56.9 Å². The predicted octanol–water partition coefficient (Wildman–Crippen LogP) is 5.36. The molecule has 56 heavy (non-hydrogen) atoms. The van der Waals surface area contributed by atoms with Crippen LogP contribution in [0.1, 0.15) is 52.9 Å². The summed E-state index contributed by atoms with van der Waals surface area (Å²) < 4.78 is 60.2. The van der Waals surface area contributed by atoms with Crippen LogP contribution in [0.15, 0.2) is 61.1 Å². The molecule has 3 saturated heterocycles. The molecule has 0 radical (unpaired) electrons. The lowest BCUT2D eigenvalue weighted by Gasteiger charge is -2.40. The summed E-state index contributed by atoms with van der Waals surface area (Å²) in [5.41, 5.74) is 1.94. The van der Waals surface area contributed by atoms with E-state index in [1.54, 1.807) is 36.7 Å². The van der Waals surface area contributed by atoms with Gasteiger partial charge in [0.2, 0.25) is 11.8 Å². The van der Waals surface area contributed by atoms with Gasteiger partial charge in [-0.05, 0) is 61.1 Å². The van der Waals surface area contributed by atoms with E-state index in [2.05, 4.69) is 20.2 Å². The highest BCUT2D eigenvalue weighted by molar-refractivity contribution is 6.23. The zero-order valence-corrected chi connectivity index (χ0v) is 30.1. The van der Waals surface area contributed by atoms with E-state index in [-0.39, 0.29) is 35.5 Å². The molecule has 4 aliphatic heterocycles. The van der Waals surface area contributed by atoms with Crippen LogP contribution in [0.3, 0.4) is 0 Å². The lowest BCUT2D eigenvalue weighted by atomic mass is 9.95. The smallest absolute Gasteiger partial charge is 0.319 e. The number of fused-ring (bicyclic) bond motifs is 4. The SMILES string of the molecule is O=C1CCC(N2C(=O)c3cc(F)c(N4CCN(CC5CCN(c6ncc(-c7ccc8c9cnccc9n(C(F)F)c8c7)cc6F)CC5)CC4)cc3C2=O)C(=O)N1. The van der Waals surface area contributed by atoms with Gasteiger partial charge in [0.05, 0.1) is 27.8 Å². The fraction of sp³-hybridized carbons (Fsp3) is 0.350. The average Bonchev–Trinajstić information content (AvgIpc) is 3.65. The lowest BCUT2D eigenvalue weighted by molar-refractivity contribution is -0.136. The number of piperidine rings is 2. The van der Waals surface area contributed by atoms with Crippen LogP contribution in [-0.2, 0) is 9.59 Å². The second-order valence-corrected chi connectivity index (χ2v) is 14.8. The largest absolute Gasteiger partial charge is 0.367 e. The molecular weight excluding hydrogens is 732 g/mol. The van der Waals surface area contributed by atoms with Gasteiger partial charge in [-0.1, -0.05) is 12.1 Å². The number of piperazine rings is 1. The topological polar surface area (TPSA) is 124 Å². The molecule has 0 saturated carbocycles. The Kier molecular flexibility index (Phi) is 8.94. The number of amides is 4. The molecule has 1 N–H and O–H groups in total. The Morgan fingerprint density at radius 1 is 0.750 bits per heavy atom. The van der Waals surface area contributed by atoms with Gasteiger partial charge in [0.25, 0.3) is 11.8 Å². The predicted molar refractivity (Wildman–Crippen MR) is 198 cm³/mol. The molecule has 5 aromatic rings. The first-order valence-corrected chi connectivity index (χ1v) is 18.6. The highest BCUT2D eigenvalue weighted by atomic mass is 19.3. The highest BCUT2D eigenvalue weighted by Gasteiger charge is 2.45. The average molecular weight is 769 g/mol. The molecule has 288 valence electrons. The minimum Gasteiger partial charge on any atom is -0.367 e. The molecule has 16 heteroatoms. The van der Waals surface area contributed by atoms with Crippen LogP contribution >= 0.6 is 0 Å². The van der Waals surface area contributed by atoms with Gasteiger partial charge in [-0.2, -0.15) is 8.78 Å². The van der Waals surface area contributed by atoms with Crippen molar-refractivity contribution in [2.45, 2.75) is 38.3 Å². The summed E-state index contributed by atoms with van der Waals surface area (Å²) in [7, 11) is 0. The van der Waals surface area contributed by atoms with Crippen LogP contribution in [0.2, 0.25) is 0 Å². The molecule has 0 spiro atoms. The van der Waals surface area contributed by atoms with Gasteiger partial charge in [-0.3, -0.25) is 43.8 Å². The van der Waals surface area contributed by atoms with E-state index in [9.17, 15) is 28.0 Å². The maximum atomic E-state index is 15.6. The Balaban J connectivity index is 0.806. The molecule has 1 atom stereocenters. The third-order valence-electron chi connectivity index (χ3n) is 11.6. The summed E-state index contributed by atoms with van der Waals surface area (Å²) in [5, 5.41) is 3.42. The summed E-state index contributed by atoms with van der Waals surface area (Å²) in [6.07, 6.45) is 6.28. The van der Waals surface area contributed by atoms with Crippen molar-refractivity contribution < 1.29 is 36.7 Å². The number of pyridine rings is 2. The lowest BCUT2D eigenvalue weighted by Crippen LogP contribution is -2.54. The van der Waals surface area contributed by atoms with E-state index in [0.717, 1.165) is 34.9 Å². The molecule has 0 aliphatic carbocycles. The van der Waals surface area contributed by atoms with E-state index in [0.29, 0.717) is 78.1 Å². The van der Waals surface area contributed by atoms with Crippen molar-refractivity contribution in [3.8, 4) is 11.1 Å². The van der Waals surface area contributed by atoms with E-state index in [1.165, 1.54) is 18.3 Å². The fourth-order valence-electron chi connectivity index (χ4n) is 8.69. The molecule has 12 nitrogen and oxygen atoms in total. The first kappa shape index (κ1) is 35.8. The van der Waals surface area contributed by atoms with Crippen molar-refractivity contribution in [2.75, 3.05) is 55.6 Å². The van der Waals surface area contributed by atoms with Crippen molar-refractivity contribution in [1.29, 1.82) is 0 Å². The van der Waals surface area contributed by atoms with Crippen LogP contribution in [0.25, 0.3) is 32.9 Å². The Labute approximate surface area is 317 Å². The van der Waals surface area contributed by atoms with Crippen LogP contribution in [-0.4, -0.2) is 99.8 Å². The van der Waals surface area contributed by atoms with Crippen LogP contribution < -0.4 is 15.1 Å². The number of nitrogens with zero attached hydrogens (tertiary/aromatic N) is 7. The van der Waals surface area contributed by atoms with E-state index >= 15 is 8.78 Å². The summed E-state index contributed by atoms with van der Waals surface area (Å²) in [5.74, 6) is -3.10.